The fourth-order valence-corrected chi connectivity index (χ4v) is 2.61. The molecule has 1 aromatic rings. The van der Waals surface area contributed by atoms with E-state index in [1.165, 1.54) is 5.56 Å². The first-order valence-corrected chi connectivity index (χ1v) is 8.38. The smallest absolute Gasteiger partial charge is 0.133 e. The lowest BCUT2D eigenvalue weighted by molar-refractivity contribution is 0.534. The highest BCUT2D eigenvalue weighted by Gasteiger charge is 2.18. The molecule has 0 aliphatic carbocycles. The lowest BCUT2D eigenvalue weighted by atomic mass is 10.1. The van der Waals surface area contributed by atoms with Crippen LogP contribution in [0.15, 0.2) is 18.3 Å². The van der Waals surface area contributed by atoms with Crippen molar-refractivity contribution in [3.8, 4) is 0 Å². The van der Waals surface area contributed by atoms with E-state index >= 15 is 0 Å². The molecule has 3 heteroatoms. The Kier molecular flexibility index (Phi) is 7.73. The first-order valence-electron chi connectivity index (χ1n) is 8.38. The molecule has 21 heavy (non-hydrogen) atoms. The van der Waals surface area contributed by atoms with Gasteiger partial charge in [-0.05, 0) is 37.8 Å². The monoisotopic (exact) mass is 291 g/mol. The molecule has 1 rings (SSSR count). The molecule has 0 saturated heterocycles. The Hall–Kier alpha value is -1.09. The quantitative estimate of drug-likeness (QED) is 0.737. The predicted molar refractivity (Wildman–Crippen MR) is 92.8 cm³/mol. The van der Waals surface area contributed by atoms with Gasteiger partial charge in [0.05, 0.1) is 0 Å². The van der Waals surface area contributed by atoms with E-state index in [0.717, 1.165) is 31.9 Å². The van der Waals surface area contributed by atoms with Crippen molar-refractivity contribution in [1.82, 2.24) is 10.3 Å². The van der Waals surface area contributed by atoms with Gasteiger partial charge in [0.25, 0.3) is 0 Å². The number of hydrogen-bond acceptors (Lipinski definition) is 3. The van der Waals surface area contributed by atoms with Gasteiger partial charge >= 0.3 is 0 Å². The highest BCUT2D eigenvalue weighted by molar-refractivity contribution is 5.48. The van der Waals surface area contributed by atoms with Crippen molar-refractivity contribution in [3.05, 3.63) is 23.9 Å². The third kappa shape index (κ3) is 6.04. The minimum Gasteiger partial charge on any atom is -0.356 e. The first-order chi connectivity index (χ1) is 9.95. The minimum absolute atomic E-state index is 0.343. The zero-order chi connectivity index (χ0) is 15.8. The van der Waals surface area contributed by atoms with Crippen LogP contribution in [0.5, 0.6) is 0 Å². The molecular formula is C18H33N3. The van der Waals surface area contributed by atoms with Crippen LogP contribution in [-0.2, 0) is 0 Å². The van der Waals surface area contributed by atoms with Crippen molar-refractivity contribution < 1.29 is 0 Å². The third-order valence-corrected chi connectivity index (χ3v) is 3.45. The summed E-state index contributed by atoms with van der Waals surface area (Å²) in [5.74, 6) is 2.42. The van der Waals surface area contributed by atoms with Gasteiger partial charge in [-0.3, -0.25) is 0 Å². The molecular weight excluding hydrogens is 258 g/mol. The van der Waals surface area contributed by atoms with Crippen LogP contribution in [0.25, 0.3) is 0 Å². The van der Waals surface area contributed by atoms with Crippen molar-refractivity contribution in [3.63, 3.8) is 0 Å². The summed E-state index contributed by atoms with van der Waals surface area (Å²) in [5, 5.41) is 3.58. The summed E-state index contributed by atoms with van der Waals surface area (Å²) in [6, 6.07) is 4.60. The summed E-state index contributed by atoms with van der Waals surface area (Å²) in [5.41, 5.74) is 1.31. The van der Waals surface area contributed by atoms with E-state index in [1.54, 1.807) is 0 Å². The van der Waals surface area contributed by atoms with Crippen molar-refractivity contribution in [2.45, 2.75) is 54.0 Å². The second-order valence-electron chi connectivity index (χ2n) is 6.78. The van der Waals surface area contributed by atoms with Crippen LogP contribution >= 0.6 is 0 Å². The van der Waals surface area contributed by atoms with Crippen LogP contribution in [0.1, 0.15) is 59.6 Å². The van der Waals surface area contributed by atoms with Crippen molar-refractivity contribution >= 4 is 5.82 Å². The maximum atomic E-state index is 4.70. The summed E-state index contributed by atoms with van der Waals surface area (Å²) in [6.07, 6.45) is 3.07. The average Bonchev–Trinajstić information content (AvgIpc) is 2.43. The number of pyridine rings is 1. The zero-order valence-electron chi connectivity index (χ0n) is 14.7. The molecule has 0 fully saturated rings. The average molecular weight is 291 g/mol. The van der Waals surface area contributed by atoms with Crippen molar-refractivity contribution in [2.24, 2.45) is 11.8 Å². The lowest BCUT2D eigenvalue weighted by Gasteiger charge is -2.30. The van der Waals surface area contributed by atoms with Gasteiger partial charge in [0.15, 0.2) is 0 Å². The molecule has 1 N–H and O–H groups in total. The molecule has 1 heterocycles. The summed E-state index contributed by atoms with van der Waals surface area (Å²) in [4.78, 5) is 7.15. The maximum absolute atomic E-state index is 4.70. The molecule has 1 atom stereocenters. The molecule has 0 radical (unpaired) electrons. The van der Waals surface area contributed by atoms with Gasteiger partial charge in [-0.1, -0.05) is 40.7 Å². The van der Waals surface area contributed by atoms with Crippen molar-refractivity contribution in [2.75, 3.05) is 24.5 Å². The second-order valence-corrected chi connectivity index (χ2v) is 6.78. The normalized spacial score (nSPS) is 13.0. The summed E-state index contributed by atoms with van der Waals surface area (Å²) in [6.45, 7) is 16.7. The predicted octanol–water partition coefficient (Wildman–Crippen LogP) is 4.26. The van der Waals surface area contributed by atoms with Crippen LogP contribution in [0.4, 0.5) is 5.82 Å². The van der Waals surface area contributed by atoms with Crippen LogP contribution < -0.4 is 10.2 Å². The standard InChI is InChI=1S/C18H33N3/c1-7-10-19-16(6)17-9-8-11-20-18(17)21(12-14(2)3)13-15(4)5/h8-9,11,14-16,19H,7,10,12-13H2,1-6H3. The molecule has 0 aromatic carbocycles. The Morgan fingerprint density at radius 3 is 2.24 bits per heavy atom. The van der Waals surface area contributed by atoms with Crippen LogP contribution in [-0.4, -0.2) is 24.6 Å². The molecule has 1 unspecified atom stereocenters. The minimum atomic E-state index is 0.343. The Morgan fingerprint density at radius 2 is 1.71 bits per heavy atom. The first kappa shape index (κ1) is 18.0. The maximum Gasteiger partial charge on any atom is 0.133 e. The second kappa shape index (κ2) is 9.04. The Balaban J connectivity index is 3.00. The van der Waals surface area contributed by atoms with Crippen molar-refractivity contribution in [1.29, 1.82) is 0 Å². The van der Waals surface area contributed by atoms with Gasteiger partial charge in [0.1, 0.15) is 5.82 Å². The number of anilines is 1. The number of aromatic nitrogens is 1. The number of nitrogens with one attached hydrogen (secondary N) is 1. The molecule has 0 amide bonds. The van der Waals surface area contributed by atoms with E-state index < -0.39 is 0 Å². The van der Waals surface area contributed by atoms with Gasteiger partial charge in [0.2, 0.25) is 0 Å². The van der Waals surface area contributed by atoms with Gasteiger partial charge in [0, 0.05) is 30.9 Å². The molecule has 0 saturated carbocycles. The fraction of sp³-hybridized carbons (Fsp3) is 0.722. The topological polar surface area (TPSA) is 28.2 Å². The third-order valence-electron chi connectivity index (χ3n) is 3.45. The van der Waals surface area contributed by atoms with E-state index in [0.29, 0.717) is 17.9 Å². The Morgan fingerprint density at radius 1 is 1.10 bits per heavy atom. The zero-order valence-corrected chi connectivity index (χ0v) is 14.7. The summed E-state index contributed by atoms with van der Waals surface area (Å²) in [7, 11) is 0. The Bertz CT molecular complexity index is 391. The number of nitrogens with zero attached hydrogens (tertiary/aromatic N) is 2. The van der Waals surface area contributed by atoms with Gasteiger partial charge in [-0.15, -0.1) is 0 Å². The Labute approximate surface area is 131 Å². The highest BCUT2D eigenvalue weighted by atomic mass is 15.2. The van der Waals surface area contributed by atoms with Gasteiger partial charge < -0.3 is 10.2 Å². The van der Waals surface area contributed by atoms with E-state index in [2.05, 4.69) is 57.8 Å². The van der Waals surface area contributed by atoms with Gasteiger partial charge in [-0.25, -0.2) is 4.98 Å². The summed E-state index contributed by atoms with van der Waals surface area (Å²) >= 11 is 0. The van der Waals surface area contributed by atoms with Gasteiger partial charge in [-0.2, -0.15) is 0 Å². The van der Waals surface area contributed by atoms with Crippen LogP contribution in [0.2, 0.25) is 0 Å². The molecule has 1 aromatic heterocycles. The SMILES string of the molecule is CCCNC(C)c1cccnc1N(CC(C)C)CC(C)C. The van der Waals surface area contributed by atoms with Crippen LogP contribution in [0.3, 0.4) is 0 Å². The molecule has 3 nitrogen and oxygen atoms in total. The number of hydrogen-bond donors (Lipinski definition) is 1. The molecule has 0 spiro atoms. The molecule has 0 aliphatic heterocycles. The summed E-state index contributed by atoms with van der Waals surface area (Å²) < 4.78 is 0. The highest BCUT2D eigenvalue weighted by Crippen LogP contribution is 2.25. The van der Waals surface area contributed by atoms with E-state index in [9.17, 15) is 0 Å². The lowest BCUT2D eigenvalue weighted by Crippen LogP contribution is -2.34. The van der Waals surface area contributed by atoms with E-state index in [-0.39, 0.29) is 0 Å². The largest absolute Gasteiger partial charge is 0.356 e. The molecule has 120 valence electrons. The fourth-order valence-electron chi connectivity index (χ4n) is 2.61. The number of rotatable bonds is 9. The molecule has 0 aliphatic rings. The van der Waals surface area contributed by atoms with E-state index in [1.807, 2.05) is 12.3 Å². The van der Waals surface area contributed by atoms with E-state index in [4.69, 9.17) is 4.98 Å². The molecule has 0 bridgehead atoms. The van der Waals surface area contributed by atoms with Crippen LogP contribution in [0, 0.1) is 11.8 Å².